The van der Waals surface area contributed by atoms with Gasteiger partial charge in [-0.05, 0) is 19.1 Å². The smallest absolute Gasteiger partial charge is 0.359 e. The molecule has 1 aliphatic rings. The topological polar surface area (TPSA) is 91.5 Å². The number of aryl methyl sites for hydroxylation is 1. The molecule has 0 aliphatic carbocycles. The van der Waals surface area contributed by atoms with Crippen molar-refractivity contribution in [3.05, 3.63) is 66.2 Å². The highest BCUT2D eigenvalue weighted by molar-refractivity contribution is 6.46. The standard InChI is InChI=1S/C23H16F9N5O2/c1-12-7-9-14(10-8-12)34-35-17-18(38)33-16-11-15(13-5-3-2-4-6-13)36-37(16)19(17,39)20(24,25)21(26,27)22(28,29)23(30,31)32/h2-11,34,39H,1H3,(H,33,38)/b35-17+. The van der Waals surface area contributed by atoms with E-state index in [1.165, 1.54) is 54.6 Å². The van der Waals surface area contributed by atoms with Crippen LogP contribution in [0.1, 0.15) is 5.56 Å². The van der Waals surface area contributed by atoms with Gasteiger partial charge in [-0.15, -0.1) is 0 Å². The van der Waals surface area contributed by atoms with Gasteiger partial charge in [-0.1, -0.05) is 48.0 Å². The number of nitrogens with zero attached hydrogens (tertiary/aromatic N) is 3. The highest BCUT2D eigenvalue weighted by atomic mass is 19.4. The molecule has 0 bridgehead atoms. The molecular formula is C23H16F9N5O2. The molecule has 3 aromatic rings. The predicted molar refractivity (Wildman–Crippen MR) is 120 cm³/mol. The Kier molecular flexibility index (Phi) is 6.45. The largest absolute Gasteiger partial charge is 0.460 e. The van der Waals surface area contributed by atoms with Crippen molar-refractivity contribution in [1.29, 1.82) is 0 Å². The third kappa shape index (κ3) is 4.18. The Morgan fingerprint density at radius 2 is 1.51 bits per heavy atom. The Morgan fingerprint density at radius 3 is 2.08 bits per heavy atom. The third-order valence-electron chi connectivity index (χ3n) is 5.80. The van der Waals surface area contributed by atoms with Crippen molar-refractivity contribution in [3.8, 4) is 11.3 Å². The molecule has 3 N–H and O–H groups in total. The van der Waals surface area contributed by atoms with Gasteiger partial charge >= 0.3 is 23.9 Å². The van der Waals surface area contributed by atoms with E-state index >= 15 is 8.78 Å². The first-order chi connectivity index (χ1) is 17.9. The number of hydrogen-bond donors (Lipinski definition) is 3. The van der Waals surface area contributed by atoms with E-state index in [1.54, 1.807) is 6.92 Å². The normalized spacial score (nSPS) is 19.6. The number of halogens is 9. The number of benzene rings is 2. The molecule has 7 nitrogen and oxygen atoms in total. The Labute approximate surface area is 212 Å². The van der Waals surface area contributed by atoms with Crippen LogP contribution in [0.25, 0.3) is 11.3 Å². The van der Waals surface area contributed by atoms with Crippen molar-refractivity contribution in [3.63, 3.8) is 0 Å². The Balaban J connectivity index is 1.96. The van der Waals surface area contributed by atoms with E-state index in [4.69, 9.17) is 0 Å². The molecule has 0 spiro atoms. The van der Waals surface area contributed by atoms with Gasteiger partial charge in [0, 0.05) is 11.6 Å². The van der Waals surface area contributed by atoms with Crippen LogP contribution in [0.2, 0.25) is 0 Å². The molecule has 0 saturated heterocycles. The van der Waals surface area contributed by atoms with Gasteiger partial charge in [0.05, 0.1) is 11.4 Å². The summed E-state index contributed by atoms with van der Waals surface area (Å²) in [6.07, 6.45) is -7.17. The van der Waals surface area contributed by atoms with Crippen LogP contribution >= 0.6 is 0 Å². The average molecular weight is 565 g/mol. The van der Waals surface area contributed by atoms with Crippen LogP contribution in [-0.2, 0) is 10.5 Å². The average Bonchev–Trinajstić information content (AvgIpc) is 3.29. The van der Waals surface area contributed by atoms with Gasteiger partial charge in [0.15, 0.2) is 5.71 Å². The molecule has 16 heteroatoms. The molecule has 0 saturated carbocycles. The first-order valence-electron chi connectivity index (χ1n) is 10.8. The summed E-state index contributed by atoms with van der Waals surface area (Å²) in [6.45, 7) is 1.66. The molecule has 4 rings (SSSR count). The molecular weight excluding hydrogens is 549 g/mol. The summed E-state index contributed by atoms with van der Waals surface area (Å²) in [5, 5.41) is 19.8. The minimum atomic E-state index is -7.36. The van der Waals surface area contributed by atoms with Crippen LogP contribution in [0.5, 0.6) is 0 Å². The zero-order valence-electron chi connectivity index (χ0n) is 19.4. The van der Waals surface area contributed by atoms with Crippen LogP contribution in [-0.4, -0.2) is 50.4 Å². The summed E-state index contributed by atoms with van der Waals surface area (Å²) < 4.78 is 126. The van der Waals surface area contributed by atoms with Crippen LogP contribution in [0.15, 0.2) is 65.8 Å². The van der Waals surface area contributed by atoms with Crippen LogP contribution in [0.3, 0.4) is 0 Å². The third-order valence-corrected chi connectivity index (χ3v) is 5.80. The number of carbonyl (C=O) groups excluding carboxylic acids is 1. The molecule has 1 aromatic heterocycles. The second-order valence-electron chi connectivity index (χ2n) is 8.48. The number of alkyl halides is 9. The fourth-order valence-electron chi connectivity index (χ4n) is 3.65. The van der Waals surface area contributed by atoms with E-state index in [1.807, 2.05) is 10.7 Å². The number of hydrogen-bond acceptors (Lipinski definition) is 5. The highest BCUT2D eigenvalue weighted by Gasteiger charge is 2.88. The predicted octanol–water partition coefficient (Wildman–Crippen LogP) is 5.39. The van der Waals surface area contributed by atoms with Crippen molar-refractivity contribution in [2.45, 2.75) is 36.6 Å². The number of aliphatic hydroxyl groups is 1. The zero-order chi connectivity index (χ0) is 29.0. The number of anilines is 2. The lowest BCUT2D eigenvalue weighted by Crippen LogP contribution is -2.73. The first kappa shape index (κ1) is 27.9. The summed E-state index contributed by atoms with van der Waals surface area (Å²) in [6, 6.07) is 13.5. The van der Waals surface area contributed by atoms with Crippen molar-refractivity contribution in [1.82, 2.24) is 9.78 Å². The molecule has 39 heavy (non-hydrogen) atoms. The number of rotatable bonds is 6. The van der Waals surface area contributed by atoms with E-state index in [0.717, 1.165) is 6.07 Å². The van der Waals surface area contributed by atoms with Crippen molar-refractivity contribution >= 4 is 23.1 Å². The van der Waals surface area contributed by atoms with E-state index in [9.17, 15) is 40.6 Å². The van der Waals surface area contributed by atoms with Gasteiger partial charge < -0.3 is 10.4 Å². The van der Waals surface area contributed by atoms with Gasteiger partial charge in [-0.2, -0.15) is 49.7 Å². The van der Waals surface area contributed by atoms with Crippen molar-refractivity contribution < 1.29 is 49.4 Å². The lowest BCUT2D eigenvalue weighted by Gasteiger charge is -2.43. The molecule has 2 heterocycles. The maximum atomic E-state index is 15.5. The SMILES string of the molecule is Cc1ccc(N/N=C2\C(=O)Nc3cc(-c4ccccc4)nn3C2(O)C(F)(F)C(F)(F)C(F)(F)C(F)(F)F)cc1. The summed E-state index contributed by atoms with van der Waals surface area (Å²) in [4.78, 5) is 12.7. The Hall–Kier alpha value is -4.08. The second-order valence-corrected chi connectivity index (χ2v) is 8.48. The fourth-order valence-corrected chi connectivity index (χ4v) is 3.65. The lowest BCUT2D eigenvalue weighted by molar-refractivity contribution is -0.418. The number of carbonyl (C=O) groups is 1. The highest BCUT2D eigenvalue weighted by Crippen LogP contribution is 2.58. The van der Waals surface area contributed by atoms with Crippen molar-refractivity contribution in [2.75, 3.05) is 10.7 Å². The minimum absolute atomic E-state index is 0.0461. The monoisotopic (exact) mass is 565 g/mol. The summed E-state index contributed by atoms with van der Waals surface area (Å²) in [5.41, 5.74) is -4.44. The van der Waals surface area contributed by atoms with Gasteiger partial charge in [-0.3, -0.25) is 10.2 Å². The Morgan fingerprint density at radius 1 is 0.923 bits per heavy atom. The minimum Gasteiger partial charge on any atom is -0.359 e. The summed E-state index contributed by atoms with van der Waals surface area (Å²) in [7, 11) is 0. The molecule has 1 atom stereocenters. The quantitative estimate of drug-likeness (QED) is 0.276. The molecule has 1 unspecified atom stereocenters. The van der Waals surface area contributed by atoms with Crippen LogP contribution in [0, 0.1) is 6.92 Å². The van der Waals surface area contributed by atoms with Gasteiger partial charge in [0.2, 0.25) is 0 Å². The molecule has 208 valence electrons. The summed E-state index contributed by atoms with van der Waals surface area (Å²) in [5.74, 6) is -24.1. The van der Waals surface area contributed by atoms with E-state index < -0.39 is 47.1 Å². The Bertz CT molecular complexity index is 1420. The molecule has 0 radical (unpaired) electrons. The molecule has 0 fully saturated rings. The second kappa shape index (κ2) is 9.00. The number of aromatic nitrogens is 2. The fraction of sp³-hybridized carbons (Fsp3) is 0.261. The molecule has 1 amide bonds. The van der Waals surface area contributed by atoms with Gasteiger partial charge in [0.25, 0.3) is 11.6 Å². The van der Waals surface area contributed by atoms with E-state index in [2.05, 4.69) is 10.2 Å². The van der Waals surface area contributed by atoms with E-state index in [0.29, 0.717) is 5.56 Å². The van der Waals surface area contributed by atoms with Gasteiger partial charge in [-0.25, -0.2) is 4.68 Å². The maximum absolute atomic E-state index is 15.5. The summed E-state index contributed by atoms with van der Waals surface area (Å²) >= 11 is 0. The number of hydrazone groups is 1. The number of amides is 1. The van der Waals surface area contributed by atoms with E-state index in [-0.39, 0.29) is 21.6 Å². The molecule has 1 aliphatic heterocycles. The number of fused-ring (bicyclic) bond motifs is 1. The van der Waals surface area contributed by atoms with Crippen LogP contribution < -0.4 is 10.7 Å². The molecule has 2 aromatic carbocycles. The van der Waals surface area contributed by atoms with Gasteiger partial charge in [0.1, 0.15) is 5.82 Å². The lowest BCUT2D eigenvalue weighted by atomic mass is 9.89. The van der Waals surface area contributed by atoms with Crippen LogP contribution in [0.4, 0.5) is 51.0 Å². The number of nitrogens with one attached hydrogen (secondary N) is 2. The first-order valence-corrected chi connectivity index (χ1v) is 10.8. The maximum Gasteiger partial charge on any atom is 0.460 e. The van der Waals surface area contributed by atoms with Crippen molar-refractivity contribution in [2.24, 2.45) is 5.10 Å². The zero-order valence-corrected chi connectivity index (χ0v) is 19.4.